The van der Waals surface area contributed by atoms with Crippen LogP contribution in [0.1, 0.15) is 16.8 Å². The zero-order chi connectivity index (χ0) is 27.5. The first-order chi connectivity index (χ1) is 19.6. The molecule has 8 nitrogen and oxygen atoms in total. The van der Waals surface area contributed by atoms with Crippen LogP contribution in [0.25, 0.3) is 22.2 Å². The highest BCUT2D eigenvalue weighted by Gasteiger charge is 2.21. The maximum Gasteiger partial charge on any atom is 0.152 e. The number of nitrogens with zero attached hydrogens (tertiary/aromatic N) is 5. The maximum absolute atomic E-state index is 14.4. The van der Waals surface area contributed by atoms with Crippen molar-refractivity contribution in [3.05, 3.63) is 65.6 Å². The number of anilines is 4. The number of pyridine rings is 3. The molecular weight excluding hydrogens is 514 g/mol. The maximum atomic E-state index is 14.4. The molecule has 0 amide bonds. The van der Waals surface area contributed by atoms with Gasteiger partial charge >= 0.3 is 0 Å². The summed E-state index contributed by atoms with van der Waals surface area (Å²) in [6.07, 6.45) is 3.64. The van der Waals surface area contributed by atoms with Crippen LogP contribution in [0.3, 0.4) is 0 Å². The Balaban J connectivity index is 1.52. The summed E-state index contributed by atoms with van der Waals surface area (Å²) in [5, 5.41) is 4.23. The number of aryl methyl sites for hydroxylation is 1. The van der Waals surface area contributed by atoms with Crippen molar-refractivity contribution in [3.8, 4) is 11.3 Å². The second-order valence-corrected chi connectivity index (χ2v) is 10.0. The molecule has 6 rings (SSSR count). The Morgan fingerprint density at radius 1 is 0.850 bits per heavy atom. The minimum atomic E-state index is -0.739. The van der Waals surface area contributed by atoms with Crippen LogP contribution in [0, 0.1) is 6.92 Å². The Labute approximate surface area is 232 Å². The van der Waals surface area contributed by atoms with Crippen LogP contribution < -0.4 is 15.1 Å². The molecule has 2 aliphatic rings. The third-order valence-electron chi connectivity index (χ3n) is 7.35. The van der Waals surface area contributed by atoms with E-state index in [0.29, 0.717) is 72.9 Å². The Morgan fingerprint density at radius 2 is 1.60 bits per heavy atom. The minimum Gasteiger partial charge on any atom is -0.378 e. The minimum absolute atomic E-state index is 0.392. The van der Waals surface area contributed by atoms with Crippen molar-refractivity contribution < 1.29 is 18.3 Å². The molecule has 1 aromatic carbocycles. The van der Waals surface area contributed by atoms with E-state index >= 15 is 0 Å². The van der Waals surface area contributed by atoms with Crippen molar-refractivity contribution in [2.45, 2.75) is 20.3 Å². The molecule has 0 unspecified atom stereocenters. The second kappa shape index (κ2) is 11.7. The van der Waals surface area contributed by atoms with Gasteiger partial charge in [-0.1, -0.05) is 0 Å². The van der Waals surface area contributed by atoms with Gasteiger partial charge in [0, 0.05) is 49.0 Å². The van der Waals surface area contributed by atoms with E-state index in [1.807, 2.05) is 31.3 Å². The van der Waals surface area contributed by atoms with Crippen LogP contribution in [0.5, 0.6) is 0 Å². The number of morpholine rings is 2. The number of halogens is 2. The summed E-state index contributed by atoms with van der Waals surface area (Å²) >= 11 is 0. The van der Waals surface area contributed by atoms with Crippen molar-refractivity contribution in [3.63, 3.8) is 0 Å². The monoisotopic (exact) mass is 546 g/mol. The Kier molecular flexibility index (Phi) is 7.70. The summed E-state index contributed by atoms with van der Waals surface area (Å²) in [4.78, 5) is 18.5. The lowest BCUT2D eigenvalue weighted by molar-refractivity contribution is 0.122. The van der Waals surface area contributed by atoms with Gasteiger partial charge in [0.25, 0.3) is 0 Å². The average Bonchev–Trinajstić information content (AvgIpc) is 3.01. The van der Waals surface area contributed by atoms with Crippen LogP contribution in [0.2, 0.25) is 0 Å². The molecule has 10 heteroatoms. The van der Waals surface area contributed by atoms with E-state index in [0.717, 1.165) is 41.5 Å². The van der Waals surface area contributed by atoms with Gasteiger partial charge in [-0.15, -0.1) is 0 Å². The van der Waals surface area contributed by atoms with Gasteiger partial charge in [-0.3, -0.25) is 4.98 Å². The normalized spacial score (nSPS) is 16.0. The molecular formula is C30H32F2N6O2. The summed E-state index contributed by atoms with van der Waals surface area (Å²) in [6.45, 7) is 6.03. The standard InChI is InChI=1S/C30H32F2N6O2/c1-20-12-22(2-3-33-20)25-16-27(29-23(18-32)13-21(17-31)14-26(29)35-25)36-28-15-24(37-4-8-39-9-5-37)19-34-30(28)38-6-10-40-11-7-38/h2-3,12-16,19H,4-11,17-18H2,1H3,(H,35,36). The number of fused-ring (bicyclic) bond motifs is 1. The predicted octanol–water partition coefficient (Wildman–Crippen LogP) is 5.36. The molecule has 208 valence electrons. The smallest absolute Gasteiger partial charge is 0.152 e. The molecule has 0 spiro atoms. The highest BCUT2D eigenvalue weighted by molar-refractivity contribution is 5.99. The largest absolute Gasteiger partial charge is 0.378 e. The third kappa shape index (κ3) is 5.41. The van der Waals surface area contributed by atoms with Gasteiger partial charge in [0.1, 0.15) is 13.3 Å². The molecule has 0 aliphatic carbocycles. The highest BCUT2D eigenvalue weighted by Crippen LogP contribution is 2.38. The fourth-order valence-electron chi connectivity index (χ4n) is 5.36. The molecule has 0 saturated carbocycles. The molecule has 0 radical (unpaired) electrons. The molecule has 0 atom stereocenters. The Bertz CT molecular complexity index is 1510. The lowest BCUT2D eigenvalue weighted by Gasteiger charge is -2.32. The number of nitrogens with one attached hydrogen (secondary N) is 1. The Morgan fingerprint density at radius 3 is 2.30 bits per heavy atom. The molecule has 0 bridgehead atoms. The SMILES string of the molecule is Cc1cc(-c2cc(Nc3cc(N4CCOCC4)cnc3N3CCOCC3)c3c(CF)cc(CF)cc3n2)ccn1. The summed E-state index contributed by atoms with van der Waals surface area (Å²) in [5.41, 5.74) is 6.20. The second-order valence-electron chi connectivity index (χ2n) is 10.0. The first kappa shape index (κ1) is 26.3. The first-order valence-corrected chi connectivity index (χ1v) is 13.6. The topological polar surface area (TPSA) is 75.6 Å². The van der Waals surface area contributed by atoms with Gasteiger partial charge in [-0.2, -0.15) is 0 Å². The van der Waals surface area contributed by atoms with Crippen LogP contribution in [0.4, 0.5) is 31.7 Å². The summed E-state index contributed by atoms with van der Waals surface area (Å²) < 4.78 is 39.3. The van der Waals surface area contributed by atoms with E-state index in [1.54, 1.807) is 18.3 Å². The first-order valence-electron chi connectivity index (χ1n) is 13.6. The van der Waals surface area contributed by atoms with Crippen molar-refractivity contribution >= 4 is 33.8 Å². The molecule has 5 heterocycles. The number of rotatable bonds is 7. The van der Waals surface area contributed by atoms with Gasteiger partial charge in [0.05, 0.1) is 60.9 Å². The zero-order valence-electron chi connectivity index (χ0n) is 22.5. The van der Waals surface area contributed by atoms with Gasteiger partial charge in [-0.25, -0.2) is 18.7 Å². The number of alkyl halides is 2. The van der Waals surface area contributed by atoms with Crippen molar-refractivity contribution in [1.82, 2.24) is 15.0 Å². The molecule has 4 aromatic rings. The van der Waals surface area contributed by atoms with E-state index in [9.17, 15) is 8.78 Å². The Hall–Kier alpha value is -3.89. The number of benzene rings is 1. The quantitative estimate of drug-likeness (QED) is 0.332. The fourth-order valence-corrected chi connectivity index (χ4v) is 5.36. The average molecular weight is 547 g/mol. The van der Waals surface area contributed by atoms with Crippen LogP contribution in [0.15, 0.2) is 48.8 Å². The molecule has 2 saturated heterocycles. The number of ether oxygens (including phenoxy) is 2. The van der Waals surface area contributed by atoms with Crippen molar-refractivity contribution in [2.24, 2.45) is 0 Å². The van der Waals surface area contributed by atoms with Gasteiger partial charge in [-0.05, 0) is 54.4 Å². The molecule has 2 fully saturated rings. The summed E-state index contributed by atoms with van der Waals surface area (Å²) in [6, 6.07) is 11.1. The van der Waals surface area contributed by atoms with Gasteiger partial charge < -0.3 is 24.6 Å². The highest BCUT2D eigenvalue weighted by atomic mass is 19.1. The zero-order valence-corrected chi connectivity index (χ0v) is 22.5. The van der Waals surface area contributed by atoms with E-state index in [-0.39, 0.29) is 0 Å². The lowest BCUT2D eigenvalue weighted by Crippen LogP contribution is -2.38. The predicted molar refractivity (Wildman–Crippen MR) is 153 cm³/mol. The summed E-state index contributed by atoms with van der Waals surface area (Å²) in [7, 11) is 0. The van der Waals surface area contributed by atoms with E-state index in [1.165, 1.54) is 0 Å². The number of hydrogen-bond acceptors (Lipinski definition) is 8. The van der Waals surface area contributed by atoms with E-state index in [4.69, 9.17) is 19.4 Å². The van der Waals surface area contributed by atoms with Crippen molar-refractivity contribution in [1.29, 1.82) is 0 Å². The number of aromatic nitrogens is 3. The molecule has 2 aliphatic heterocycles. The third-order valence-corrected chi connectivity index (χ3v) is 7.35. The van der Waals surface area contributed by atoms with Crippen molar-refractivity contribution in [2.75, 3.05) is 67.7 Å². The van der Waals surface area contributed by atoms with Gasteiger partial charge in [0.2, 0.25) is 0 Å². The lowest BCUT2D eigenvalue weighted by atomic mass is 10.0. The van der Waals surface area contributed by atoms with Crippen LogP contribution in [-0.2, 0) is 22.8 Å². The summed E-state index contributed by atoms with van der Waals surface area (Å²) in [5.74, 6) is 0.800. The van der Waals surface area contributed by atoms with Crippen LogP contribution in [-0.4, -0.2) is 67.6 Å². The number of hydrogen-bond donors (Lipinski definition) is 1. The van der Waals surface area contributed by atoms with E-state index < -0.39 is 13.3 Å². The van der Waals surface area contributed by atoms with E-state index in [2.05, 4.69) is 26.2 Å². The molecule has 1 N–H and O–H groups in total. The van der Waals surface area contributed by atoms with Crippen LogP contribution >= 0.6 is 0 Å². The van der Waals surface area contributed by atoms with Gasteiger partial charge in [0.15, 0.2) is 5.82 Å². The fraction of sp³-hybridized carbons (Fsp3) is 0.367. The molecule has 3 aromatic heterocycles. The molecule has 40 heavy (non-hydrogen) atoms.